The zero-order valence-corrected chi connectivity index (χ0v) is 20.8. The van der Waals surface area contributed by atoms with Crippen LogP contribution in [-0.4, -0.2) is 9.97 Å². The van der Waals surface area contributed by atoms with Crippen molar-refractivity contribution >= 4 is 0 Å². The molecule has 3 nitrogen and oxygen atoms in total. The summed E-state index contributed by atoms with van der Waals surface area (Å²) in [6.07, 6.45) is 5.07. The first-order valence-corrected chi connectivity index (χ1v) is 10.6. The fraction of sp³-hybridized carbons (Fsp3) is 0.103. The third-order valence-corrected chi connectivity index (χ3v) is 5.81. The van der Waals surface area contributed by atoms with Gasteiger partial charge in [-0.25, -0.2) is 0 Å². The standard InChI is InChI=1S/C18H14NO.C11H8N.Ir/c1-18(2)15-9-4-3-6-12(15)13-7-5-8-14(16(13)18)17-19-10-11-20-17;1-2-6-10(7-3-1)11-8-4-5-9-12-11;/h3-7,9-11H,1-2H3;1-6,8-9H;/q2*-1;. The second-order valence-electron chi connectivity index (χ2n) is 8.14. The molecule has 0 bridgehead atoms. The molecule has 0 unspecified atom stereocenters. The van der Waals surface area contributed by atoms with Gasteiger partial charge in [0.15, 0.2) is 0 Å². The number of fused-ring (bicyclic) bond motifs is 3. The summed E-state index contributed by atoms with van der Waals surface area (Å²) < 4.78 is 5.49. The molecule has 165 valence electrons. The maximum Gasteiger partial charge on any atom is 0.140 e. The molecule has 0 spiro atoms. The summed E-state index contributed by atoms with van der Waals surface area (Å²) in [4.78, 5) is 8.51. The third kappa shape index (κ3) is 4.32. The first-order valence-electron chi connectivity index (χ1n) is 10.6. The molecule has 1 aliphatic carbocycles. The summed E-state index contributed by atoms with van der Waals surface area (Å²) in [5.41, 5.74) is 8.08. The van der Waals surface area contributed by atoms with Crippen molar-refractivity contribution in [2.45, 2.75) is 19.3 Å². The number of rotatable bonds is 2. The average molecular weight is 607 g/mol. The minimum absolute atomic E-state index is 0. The summed E-state index contributed by atoms with van der Waals surface area (Å²) in [5, 5.41) is 0. The number of oxazole rings is 1. The van der Waals surface area contributed by atoms with E-state index < -0.39 is 0 Å². The Labute approximate surface area is 207 Å². The zero-order valence-electron chi connectivity index (χ0n) is 18.4. The fourth-order valence-electron chi connectivity index (χ4n) is 4.36. The van der Waals surface area contributed by atoms with Crippen LogP contribution in [0.2, 0.25) is 0 Å². The molecule has 6 rings (SSSR count). The molecule has 0 aliphatic heterocycles. The summed E-state index contributed by atoms with van der Waals surface area (Å²) in [6.45, 7) is 4.50. The van der Waals surface area contributed by atoms with E-state index in [9.17, 15) is 0 Å². The third-order valence-electron chi connectivity index (χ3n) is 5.81. The number of hydrogen-bond donors (Lipinski definition) is 0. The number of nitrogens with zero attached hydrogens (tertiary/aromatic N) is 2. The Hall–Kier alpha value is -3.33. The molecule has 2 aromatic heterocycles. The number of pyridine rings is 1. The minimum atomic E-state index is -0.0620. The van der Waals surface area contributed by atoms with Crippen molar-refractivity contribution in [1.82, 2.24) is 9.97 Å². The van der Waals surface area contributed by atoms with E-state index in [0.29, 0.717) is 5.89 Å². The molecule has 0 atom stereocenters. The maximum atomic E-state index is 5.49. The van der Waals surface area contributed by atoms with E-state index in [1.807, 2.05) is 48.5 Å². The van der Waals surface area contributed by atoms with E-state index in [4.69, 9.17) is 4.42 Å². The van der Waals surface area contributed by atoms with Gasteiger partial charge in [0.05, 0.1) is 12.5 Å². The van der Waals surface area contributed by atoms with Crippen LogP contribution in [-0.2, 0) is 25.5 Å². The van der Waals surface area contributed by atoms with Crippen LogP contribution in [0.5, 0.6) is 0 Å². The van der Waals surface area contributed by atoms with Crippen molar-refractivity contribution < 1.29 is 24.5 Å². The molecule has 0 saturated carbocycles. The van der Waals surface area contributed by atoms with Crippen LogP contribution >= 0.6 is 0 Å². The topological polar surface area (TPSA) is 38.9 Å². The van der Waals surface area contributed by atoms with Crippen molar-refractivity contribution in [3.63, 3.8) is 0 Å². The molecule has 0 saturated heterocycles. The predicted molar refractivity (Wildman–Crippen MR) is 127 cm³/mol. The van der Waals surface area contributed by atoms with Crippen molar-refractivity contribution in [1.29, 1.82) is 0 Å². The summed E-state index contributed by atoms with van der Waals surface area (Å²) in [6, 6.07) is 32.8. The SMILES string of the molecule is CC1(C)c2ccccc2-c2cc[c-]c(-c3ncco3)c21.[Ir].[c-]1ccccc1-c1ccccn1. The Morgan fingerprint density at radius 2 is 1.58 bits per heavy atom. The molecule has 3 aromatic carbocycles. The Kier molecular flexibility index (Phi) is 6.69. The second-order valence-corrected chi connectivity index (χ2v) is 8.14. The Balaban J connectivity index is 0.000000172. The van der Waals surface area contributed by atoms with Gasteiger partial charge in [-0.1, -0.05) is 61.4 Å². The minimum Gasteiger partial charge on any atom is -0.489 e. The van der Waals surface area contributed by atoms with Gasteiger partial charge >= 0.3 is 0 Å². The van der Waals surface area contributed by atoms with Gasteiger partial charge in [-0.2, -0.15) is 0 Å². The first kappa shape index (κ1) is 22.8. The normalized spacial score (nSPS) is 12.5. The smallest absolute Gasteiger partial charge is 0.140 e. The summed E-state index contributed by atoms with van der Waals surface area (Å²) in [5.74, 6) is 0.641. The van der Waals surface area contributed by atoms with Gasteiger partial charge in [-0.3, -0.25) is 4.98 Å². The molecule has 4 heteroatoms. The number of hydrogen-bond acceptors (Lipinski definition) is 3. The molecule has 2 heterocycles. The van der Waals surface area contributed by atoms with Gasteiger partial charge in [0.1, 0.15) is 5.89 Å². The molecule has 5 aromatic rings. The van der Waals surface area contributed by atoms with Crippen LogP contribution in [0.3, 0.4) is 0 Å². The summed E-state index contributed by atoms with van der Waals surface area (Å²) >= 11 is 0. The van der Waals surface area contributed by atoms with E-state index >= 15 is 0 Å². The Bertz CT molecular complexity index is 1290. The fourth-order valence-corrected chi connectivity index (χ4v) is 4.36. The average Bonchev–Trinajstić information content (AvgIpc) is 3.47. The van der Waals surface area contributed by atoms with E-state index in [2.05, 4.69) is 66.3 Å². The van der Waals surface area contributed by atoms with Crippen LogP contribution in [0.1, 0.15) is 25.0 Å². The van der Waals surface area contributed by atoms with Gasteiger partial charge in [-0.15, -0.1) is 59.7 Å². The molecular weight excluding hydrogens is 585 g/mol. The maximum absolute atomic E-state index is 5.49. The van der Waals surface area contributed by atoms with Gasteiger partial charge in [0.25, 0.3) is 0 Å². The van der Waals surface area contributed by atoms with Crippen LogP contribution in [0.25, 0.3) is 33.8 Å². The van der Waals surface area contributed by atoms with Crippen LogP contribution < -0.4 is 0 Å². The zero-order chi connectivity index (χ0) is 22.0. The number of benzene rings is 3. The quantitative estimate of drug-likeness (QED) is 0.203. The van der Waals surface area contributed by atoms with E-state index in [-0.39, 0.29) is 25.5 Å². The van der Waals surface area contributed by atoms with E-state index in [0.717, 1.165) is 16.8 Å². The van der Waals surface area contributed by atoms with Crippen LogP contribution in [0, 0.1) is 12.1 Å². The second kappa shape index (κ2) is 9.66. The predicted octanol–water partition coefficient (Wildman–Crippen LogP) is 6.99. The van der Waals surface area contributed by atoms with Crippen LogP contribution in [0.4, 0.5) is 0 Å². The van der Waals surface area contributed by atoms with Crippen molar-refractivity contribution in [2.75, 3.05) is 0 Å². The van der Waals surface area contributed by atoms with E-state index in [1.54, 1.807) is 18.7 Å². The van der Waals surface area contributed by atoms with Gasteiger partial charge in [0.2, 0.25) is 0 Å². The van der Waals surface area contributed by atoms with Crippen molar-refractivity contribution in [2.24, 2.45) is 0 Å². The first-order chi connectivity index (χ1) is 15.7. The molecule has 33 heavy (non-hydrogen) atoms. The molecule has 1 aliphatic rings. The van der Waals surface area contributed by atoms with E-state index in [1.165, 1.54) is 22.3 Å². The van der Waals surface area contributed by atoms with Crippen molar-refractivity contribution in [3.05, 3.63) is 121 Å². The monoisotopic (exact) mass is 607 g/mol. The van der Waals surface area contributed by atoms with Gasteiger partial charge < -0.3 is 9.40 Å². The summed E-state index contributed by atoms with van der Waals surface area (Å²) in [7, 11) is 0. The molecule has 0 fully saturated rings. The Morgan fingerprint density at radius 3 is 2.30 bits per heavy atom. The molecule has 0 amide bonds. The van der Waals surface area contributed by atoms with Crippen LogP contribution in [0.15, 0.2) is 102 Å². The largest absolute Gasteiger partial charge is 0.489 e. The molecule has 1 radical (unpaired) electrons. The van der Waals surface area contributed by atoms with Gasteiger partial charge in [-0.05, 0) is 28.3 Å². The molecular formula is C29H22IrN2O-2. The molecule has 0 N–H and O–H groups in total. The Morgan fingerprint density at radius 1 is 0.758 bits per heavy atom. The number of aromatic nitrogens is 2. The van der Waals surface area contributed by atoms with Crippen molar-refractivity contribution in [3.8, 4) is 33.8 Å². The van der Waals surface area contributed by atoms with Gasteiger partial charge in [0, 0.05) is 26.3 Å².